The molecular formula is C17H27BrN2. The maximum Gasteiger partial charge on any atom is 0.0224 e. The van der Waals surface area contributed by atoms with Gasteiger partial charge in [-0.2, -0.15) is 0 Å². The fourth-order valence-electron chi connectivity index (χ4n) is 3.22. The van der Waals surface area contributed by atoms with E-state index in [2.05, 4.69) is 64.3 Å². The van der Waals surface area contributed by atoms with Gasteiger partial charge in [-0.25, -0.2) is 0 Å². The van der Waals surface area contributed by atoms with Gasteiger partial charge in [0.15, 0.2) is 0 Å². The van der Waals surface area contributed by atoms with Crippen molar-refractivity contribution in [1.29, 1.82) is 0 Å². The van der Waals surface area contributed by atoms with Crippen molar-refractivity contribution in [1.82, 2.24) is 10.2 Å². The Morgan fingerprint density at radius 1 is 1.35 bits per heavy atom. The van der Waals surface area contributed by atoms with Crippen LogP contribution in [0.3, 0.4) is 0 Å². The summed E-state index contributed by atoms with van der Waals surface area (Å²) in [6.45, 7) is 8.23. The third kappa shape index (κ3) is 4.57. The Labute approximate surface area is 132 Å². The smallest absolute Gasteiger partial charge is 0.0224 e. The zero-order valence-corrected chi connectivity index (χ0v) is 14.3. The molecule has 20 heavy (non-hydrogen) atoms. The number of rotatable bonds is 6. The number of benzene rings is 1. The van der Waals surface area contributed by atoms with E-state index in [-0.39, 0.29) is 0 Å². The van der Waals surface area contributed by atoms with Crippen LogP contribution in [0.15, 0.2) is 28.7 Å². The van der Waals surface area contributed by atoms with Crippen molar-refractivity contribution < 1.29 is 0 Å². The molecule has 0 aliphatic carbocycles. The molecule has 1 heterocycles. The van der Waals surface area contributed by atoms with E-state index in [0.717, 1.165) is 17.4 Å². The second-order valence-electron chi connectivity index (χ2n) is 5.92. The van der Waals surface area contributed by atoms with E-state index in [4.69, 9.17) is 0 Å². The first-order valence-corrected chi connectivity index (χ1v) is 8.71. The highest BCUT2D eigenvalue weighted by Gasteiger charge is 2.24. The van der Waals surface area contributed by atoms with E-state index in [1.807, 2.05) is 0 Å². The molecule has 112 valence electrons. The summed E-state index contributed by atoms with van der Waals surface area (Å²) in [7, 11) is 0. The minimum absolute atomic E-state index is 0.612. The molecule has 1 saturated heterocycles. The number of nitrogens with one attached hydrogen (secondary N) is 1. The van der Waals surface area contributed by atoms with Gasteiger partial charge in [-0.15, -0.1) is 0 Å². The molecule has 2 nitrogen and oxygen atoms in total. The lowest BCUT2D eigenvalue weighted by molar-refractivity contribution is 0.120. The Bertz CT molecular complexity index is 384. The molecule has 0 aromatic heterocycles. The highest BCUT2D eigenvalue weighted by atomic mass is 79.9. The van der Waals surface area contributed by atoms with Crippen molar-refractivity contribution in [2.45, 2.75) is 51.6 Å². The Morgan fingerprint density at radius 3 is 2.70 bits per heavy atom. The standard InChI is InChI=1S/C17H27BrN2/c1-3-11-20(17-5-4-10-19-13-17)14(2)12-15-6-8-16(18)9-7-15/h6-9,14,17,19H,3-5,10-13H2,1-2H3. The van der Waals surface area contributed by atoms with Gasteiger partial charge in [-0.1, -0.05) is 35.0 Å². The molecule has 2 rings (SSSR count). The Balaban J connectivity index is 1.98. The zero-order valence-electron chi connectivity index (χ0n) is 12.7. The van der Waals surface area contributed by atoms with Crippen LogP contribution in [-0.2, 0) is 6.42 Å². The summed E-state index contributed by atoms with van der Waals surface area (Å²) in [5.74, 6) is 0. The maximum absolute atomic E-state index is 3.55. The molecule has 2 unspecified atom stereocenters. The van der Waals surface area contributed by atoms with Gasteiger partial charge in [0.05, 0.1) is 0 Å². The van der Waals surface area contributed by atoms with Gasteiger partial charge in [0.25, 0.3) is 0 Å². The van der Waals surface area contributed by atoms with Crippen molar-refractivity contribution >= 4 is 15.9 Å². The molecule has 1 fully saturated rings. The van der Waals surface area contributed by atoms with Crippen molar-refractivity contribution in [2.24, 2.45) is 0 Å². The fraction of sp³-hybridized carbons (Fsp3) is 0.647. The van der Waals surface area contributed by atoms with E-state index < -0.39 is 0 Å². The molecule has 1 aromatic carbocycles. The number of hydrogen-bond donors (Lipinski definition) is 1. The van der Waals surface area contributed by atoms with Crippen LogP contribution in [0, 0.1) is 0 Å². The van der Waals surface area contributed by atoms with Gasteiger partial charge in [0, 0.05) is 23.1 Å². The summed E-state index contributed by atoms with van der Waals surface area (Å²) in [5.41, 5.74) is 1.44. The van der Waals surface area contributed by atoms with Crippen LogP contribution in [0.2, 0.25) is 0 Å². The van der Waals surface area contributed by atoms with E-state index in [0.29, 0.717) is 12.1 Å². The number of nitrogens with zero attached hydrogens (tertiary/aromatic N) is 1. The van der Waals surface area contributed by atoms with Crippen LogP contribution >= 0.6 is 15.9 Å². The van der Waals surface area contributed by atoms with Gasteiger partial charge < -0.3 is 5.32 Å². The zero-order chi connectivity index (χ0) is 14.4. The number of halogens is 1. The number of hydrogen-bond acceptors (Lipinski definition) is 2. The monoisotopic (exact) mass is 338 g/mol. The van der Waals surface area contributed by atoms with Crippen LogP contribution in [-0.4, -0.2) is 36.6 Å². The molecule has 1 aliphatic heterocycles. The maximum atomic E-state index is 3.55. The topological polar surface area (TPSA) is 15.3 Å². The third-order valence-corrected chi connectivity index (χ3v) is 4.76. The minimum atomic E-state index is 0.612. The minimum Gasteiger partial charge on any atom is -0.315 e. The average Bonchev–Trinajstić information content (AvgIpc) is 2.48. The van der Waals surface area contributed by atoms with Crippen LogP contribution in [0.4, 0.5) is 0 Å². The summed E-state index contributed by atoms with van der Waals surface area (Å²) >= 11 is 3.51. The second-order valence-corrected chi connectivity index (χ2v) is 6.83. The fourth-order valence-corrected chi connectivity index (χ4v) is 3.48. The second kappa shape index (κ2) is 8.16. The molecule has 0 bridgehead atoms. The van der Waals surface area contributed by atoms with Crippen molar-refractivity contribution in [3.8, 4) is 0 Å². The van der Waals surface area contributed by atoms with E-state index in [1.165, 1.54) is 37.9 Å². The van der Waals surface area contributed by atoms with Crippen LogP contribution in [0.5, 0.6) is 0 Å². The van der Waals surface area contributed by atoms with E-state index >= 15 is 0 Å². The lowest BCUT2D eigenvalue weighted by atomic mass is 10.00. The lowest BCUT2D eigenvalue weighted by Crippen LogP contribution is -2.50. The Kier molecular flexibility index (Phi) is 6.53. The quantitative estimate of drug-likeness (QED) is 0.847. The van der Waals surface area contributed by atoms with Crippen LogP contribution < -0.4 is 5.32 Å². The molecule has 1 N–H and O–H groups in total. The molecule has 3 heteroatoms. The van der Waals surface area contributed by atoms with Gasteiger partial charge in [-0.3, -0.25) is 4.90 Å². The predicted molar refractivity (Wildman–Crippen MR) is 90.2 cm³/mol. The first-order chi connectivity index (χ1) is 9.70. The molecule has 2 atom stereocenters. The lowest BCUT2D eigenvalue weighted by Gasteiger charge is -2.39. The van der Waals surface area contributed by atoms with E-state index in [1.54, 1.807) is 0 Å². The highest BCUT2D eigenvalue weighted by Crippen LogP contribution is 2.18. The Morgan fingerprint density at radius 2 is 2.10 bits per heavy atom. The molecule has 0 amide bonds. The largest absolute Gasteiger partial charge is 0.315 e. The third-order valence-electron chi connectivity index (χ3n) is 4.23. The van der Waals surface area contributed by atoms with Crippen LogP contribution in [0.1, 0.15) is 38.7 Å². The summed E-state index contributed by atoms with van der Waals surface area (Å²) < 4.78 is 1.16. The highest BCUT2D eigenvalue weighted by molar-refractivity contribution is 9.10. The first-order valence-electron chi connectivity index (χ1n) is 7.91. The average molecular weight is 339 g/mol. The van der Waals surface area contributed by atoms with Gasteiger partial charge >= 0.3 is 0 Å². The SMILES string of the molecule is CCCN(C(C)Cc1ccc(Br)cc1)C1CCCNC1. The predicted octanol–water partition coefficient (Wildman–Crippen LogP) is 3.84. The number of piperidine rings is 1. The summed E-state index contributed by atoms with van der Waals surface area (Å²) in [4.78, 5) is 2.72. The summed E-state index contributed by atoms with van der Waals surface area (Å²) in [6, 6.07) is 10.1. The molecule has 0 radical (unpaired) electrons. The first kappa shape index (κ1) is 16.0. The normalized spacial score (nSPS) is 21.1. The Hall–Kier alpha value is -0.380. The molecular weight excluding hydrogens is 312 g/mol. The van der Waals surface area contributed by atoms with Crippen molar-refractivity contribution in [2.75, 3.05) is 19.6 Å². The summed E-state index contributed by atoms with van der Waals surface area (Å²) in [6.07, 6.45) is 5.04. The van der Waals surface area contributed by atoms with Gasteiger partial charge in [0.2, 0.25) is 0 Å². The molecule has 0 spiro atoms. The van der Waals surface area contributed by atoms with E-state index in [9.17, 15) is 0 Å². The molecule has 1 aromatic rings. The summed E-state index contributed by atoms with van der Waals surface area (Å²) in [5, 5.41) is 3.55. The van der Waals surface area contributed by atoms with Crippen LogP contribution in [0.25, 0.3) is 0 Å². The van der Waals surface area contributed by atoms with Crippen molar-refractivity contribution in [3.63, 3.8) is 0 Å². The van der Waals surface area contributed by atoms with Crippen molar-refractivity contribution in [3.05, 3.63) is 34.3 Å². The van der Waals surface area contributed by atoms with Gasteiger partial charge in [-0.05, 0) is 63.4 Å². The van der Waals surface area contributed by atoms with Gasteiger partial charge in [0.1, 0.15) is 0 Å². The molecule has 1 aliphatic rings. The molecule has 0 saturated carbocycles.